The van der Waals surface area contributed by atoms with Crippen molar-refractivity contribution < 1.29 is 29.0 Å². The van der Waals surface area contributed by atoms with Crippen molar-refractivity contribution in [1.29, 1.82) is 0 Å². The van der Waals surface area contributed by atoms with Crippen molar-refractivity contribution in [2.24, 2.45) is 5.73 Å². The minimum Gasteiger partial charge on any atom is -0.490 e. The van der Waals surface area contributed by atoms with E-state index in [1.807, 2.05) is 0 Å². The number of ether oxygens (including phenoxy) is 2. The zero-order chi connectivity index (χ0) is 24.1. The van der Waals surface area contributed by atoms with Crippen molar-refractivity contribution in [3.63, 3.8) is 0 Å². The first-order valence-electron chi connectivity index (χ1n) is 10.6. The largest absolute Gasteiger partial charge is 0.490 e. The standard InChI is InChI=1S/C23H35N3O6/c1-5-14-31-17-11-9-16(10-12-17)15-19(21(28)29)26-20(27)18(24)8-6-7-13-25-22(30)32-23(2,3)4/h5,9-12,18-19H,1,6-8,13-15,24H2,2-4H3,(H,25,30)(H,26,27)(H,28,29)/t18-,19+/m1/s1. The molecule has 1 aromatic rings. The van der Waals surface area contributed by atoms with Crippen molar-refractivity contribution in [2.45, 2.75) is 64.1 Å². The van der Waals surface area contributed by atoms with E-state index in [0.29, 0.717) is 38.2 Å². The summed E-state index contributed by atoms with van der Waals surface area (Å²) >= 11 is 0. The van der Waals surface area contributed by atoms with Crippen LogP contribution in [0.1, 0.15) is 45.6 Å². The van der Waals surface area contributed by atoms with Crippen molar-refractivity contribution >= 4 is 18.0 Å². The lowest BCUT2D eigenvalue weighted by Crippen LogP contribution is -2.49. The van der Waals surface area contributed by atoms with Gasteiger partial charge in [-0.3, -0.25) is 4.79 Å². The van der Waals surface area contributed by atoms with Crippen LogP contribution in [0.4, 0.5) is 4.79 Å². The summed E-state index contributed by atoms with van der Waals surface area (Å²) in [6.45, 7) is 9.69. The molecule has 0 unspecified atom stereocenters. The first-order valence-corrected chi connectivity index (χ1v) is 10.6. The molecule has 0 fully saturated rings. The van der Waals surface area contributed by atoms with E-state index in [2.05, 4.69) is 17.2 Å². The first-order chi connectivity index (χ1) is 15.0. The number of hydrogen-bond donors (Lipinski definition) is 4. The molecule has 1 aromatic carbocycles. The normalized spacial score (nSPS) is 12.9. The molecule has 0 saturated carbocycles. The Labute approximate surface area is 189 Å². The molecule has 2 amide bonds. The third kappa shape index (κ3) is 11.4. The van der Waals surface area contributed by atoms with Gasteiger partial charge in [-0.15, -0.1) is 0 Å². The third-order valence-corrected chi connectivity index (χ3v) is 4.29. The average Bonchev–Trinajstić information content (AvgIpc) is 2.70. The number of carbonyl (C=O) groups excluding carboxylic acids is 2. The maximum Gasteiger partial charge on any atom is 0.407 e. The highest BCUT2D eigenvalue weighted by Crippen LogP contribution is 2.14. The maximum atomic E-state index is 12.3. The second-order valence-electron chi connectivity index (χ2n) is 8.38. The molecule has 32 heavy (non-hydrogen) atoms. The summed E-state index contributed by atoms with van der Waals surface area (Å²) in [5.74, 6) is -1.02. The number of aliphatic carboxylic acids is 1. The summed E-state index contributed by atoms with van der Waals surface area (Å²) in [5, 5.41) is 14.6. The number of nitrogens with one attached hydrogen (secondary N) is 2. The van der Waals surface area contributed by atoms with Crippen LogP contribution in [-0.4, -0.2) is 53.9 Å². The summed E-state index contributed by atoms with van der Waals surface area (Å²) in [5.41, 5.74) is 6.09. The van der Waals surface area contributed by atoms with Crippen LogP contribution in [0.3, 0.4) is 0 Å². The van der Waals surface area contributed by atoms with E-state index >= 15 is 0 Å². The van der Waals surface area contributed by atoms with Crippen LogP contribution >= 0.6 is 0 Å². The molecule has 0 aliphatic rings. The van der Waals surface area contributed by atoms with Crippen LogP contribution in [0.5, 0.6) is 5.75 Å². The van der Waals surface area contributed by atoms with Gasteiger partial charge in [0.25, 0.3) is 0 Å². The van der Waals surface area contributed by atoms with E-state index in [0.717, 1.165) is 5.56 Å². The molecule has 0 heterocycles. The van der Waals surface area contributed by atoms with Gasteiger partial charge in [0.05, 0.1) is 6.04 Å². The molecule has 2 atom stereocenters. The van der Waals surface area contributed by atoms with Gasteiger partial charge in [-0.1, -0.05) is 24.8 Å². The first kappa shape index (κ1) is 27.0. The fourth-order valence-corrected chi connectivity index (χ4v) is 2.72. The number of carboxylic acid groups (broad SMARTS) is 1. The lowest BCUT2D eigenvalue weighted by atomic mass is 10.0. The van der Waals surface area contributed by atoms with Crippen LogP contribution in [0.25, 0.3) is 0 Å². The fourth-order valence-electron chi connectivity index (χ4n) is 2.72. The summed E-state index contributed by atoms with van der Waals surface area (Å²) in [6.07, 6.45) is 2.82. The van der Waals surface area contributed by atoms with Gasteiger partial charge < -0.3 is 30.9 Å². The average molecular weight is 450 g/mol. The summed E-state index contributed by atoms with van der Waals surface area (Å²) in [6, 6.07) is 5.03. The van der Waals surface area contributed by atoms with Gasteiger partial charge in [0.2, 0.25) is 5.91 Å². The maximum absolute atomic E-state index is 12.3. The minimum atomic E-state index is -1.14. The SMILES string of the molecule is C=CCOc1ccc(C[C@H](NC(=O)[C@H](N)CCCCNC(=O)OC(C)(C)C)C(=O)O)cc1. The number of alkyl carbamates (subject to hydrolysis) is 1. The molecule has 1 rings (SSSR count). The summed E-state index contributed by atoms with van der Waals surface area (Å²) < 4.78 is 10.5. The number of hydrogen-bond acceptors (Lipinski definition) is 6. The number of rotatable bonds is 13. The Bertz CT molecular complexity index is 758. The number of unbranched alkanes of at least 4 members (excludes halogenated alkanes) is 1. The van der Waals surface area contributed by atoms with Crippen LogP contribution in [-0.2, 0) is 20.7 Å². The van der Waals surface area contributed by atoms with Crippen LogP contribution < -0.4 is 21.1 Å². The quantitative estimate of drug-likeness (QED) is 0.268. The minimum absolute atomic E-state index is 0.120. The zero-order valence-electron chi connectivity index (χ0n) is 19.1. The van der Waals surface area contributed by atoms with Gasteiger partial charge in [-0.25, -0.2) is 9.59 Å². The second-order valence-corrected chi connectivity index (χ2v) is 8.38. The smallest absolute Gasteiger partial charge is 0.407 e. The second kappa shape index (κ2) is 13.4. The molecular weight excluding hydrogens is 414 g/mol. The molecular formula is C23H35N3O6. The van der Waals surface area contributed by atoms with Crippen molar-refractivity contribution in [3.05, 3.63) is 42.5 Å². The highest BCUT2D eigenvalue weighted by Gasteiger charge is 2.23. The monoisotopic (exact) mass is 449 g/mol. The Morgan fingerprint density at radius 1 is 1.19 bits per heavy atom. The van der Waals surface area contributed by atoms with Gasteiger partial charge in [0.15, 0.2) is 0 Å². The Morgan fingerprint density at radius 3 is 2.41 bits per heavy atom. The molecule has 0 bridgehead atoms. The Kier molecular flexibility index (Phi) is 11.3. The van der Waals surface area contributed by atoms with Gasteiger partial charge >= 0.3 is 12.1 Å². The molecule has 9 heteroatoms. The number of amides is 2. The molecule has 0 aromatic heterocycles. The Hall–Kier alpha value is -3.07. The number of benzene rings is 1. The molecule has 9 nitrogen and oxygen atoms in total. The topological polar surface area (TPSA) is 140 Å². The Balaban J connectivity index is 2.42. The number of carbonyl (C=O) groups is 3. The fraction of sp³-hybridized carbons (Fsp3) is 0.522. The number of nitrogens with two attached hydrogens (primary N) is 1. The van der Waals surface area contributed by atoms with Gasteiger partial charge in [0.1, 0.15) is 24.0 Å². The van der Waals surface area contributed by atoms with E-state index in [9.17, 15) is 19.5 Å². The van der Waals surface area contributed by atoms with Gasteiger partial charge in [-0.05, 0) is 57.7 Å². The molecule has 0 saturated heterocycles. The molecule has 0 radical (unpaired) electrons. The van der Waals surface area contributed by atoms with E-state index in [1.54, 1.807) is 51.1 Å². The van der Waals surface area contributed by atoms with Crippen molar-refractivity contribution in [2.75, 3.05) is 13.2 Å². The van der Waals surface area contributed by atoms with E-state index in [4.69, 9.17) is 15.2 Å². The van der Waals surface area contributed by atoms with Crippen molar-refractivity contribution in [1.82, 2.24) is 10.6 Å². The van der Waals surface area contributed by atoms with Crippen LogP contribution in [0.15, 0.2) is 36.9 Å². The predicted octanol–water partition coefficient (Wildman–Crippen LogP) is 2.39. The number of carboxylic acids is 1. The van der Waals surface area contributed by atoms with E-state index in [1.165, 1.54) is 0 Å². The van der Waals surface area contributed by atoms with Crippen molar-refractivity contribution in [3.8, 4) is 5.75 Å². The lowest BCUT2D eigenvalue weighted by molar-refractivity contribution is -0.142. The predicted molar refractivity (Wildman–Crippen MR) is 121 cm³/mol. The van der Waals surface area contributed by atoms with E-state index in [-0.39, 0.29) is 6.42 Å². The van der Waals surface area contributed by atoms with Crippen LogP contribution in [0, 0.1) is 0 Å². The summed E-state index contributed by atoms with van der Waals surface area (Å²) in [4.78, 5) is 35.5. The highest BCUT2D eigenvalue weighted by atomic mass is 16.6. The zero-order valence-corrected chi connectivity index (χ0v) is 19.1. The molecule has 0 spiro atoms. The molecule has 5 N–H and O–H groups in total. The highest BCUT2D eigenvalue weighted by molar-refractivity contribution is 5.86. The molecule has 178 valence electrons. The molecule has 0 aliphatic carbocycles. The summed E-state index contributed by atoms with van der Waals surface area (Å²) in [7, 11) is 0. The van der Waals surface area contributed by atoms with E-state index < -0.39 is 35.7 Å². The lowest BCUT2D eigenvalue weighted by Gasteiger charge is -2.20. The Morgan fingerprint density at radius 2 is 1.84 bits per heavy atom. The van der Waals surface area contributed by atoms with Crippen LogP contribution in [0.2, 0.25) is 0 Å². The van der Waals surface area contributed by atoms with Gasteiger partial charge in [0, 0.05) is 13.0 Å². The molecule has 0 aliphatic heterocycles. The van der Waals surface area contributed by atoms with Gasteiger partial charge in [-0.2, -0.15) is 0 Å². The third-order valence-electron chi connectivity index (χ3n) is 4.29.